The van der Waals surface area contributed by atoms with E-state index in [1.165, 1.54) is 31.5 Å². The first-order valence-electron chi connectivity index (χ1n) is 9.72. The van der Waals surface area contributed by atoms with Crippen molar-refractivity contribution < 1.29 is 18.6 Å². The first-order valence-corrected chi connectivity index (χ1v) is 9.72. The summed E-state index contributed by atoms with van der Waals surface area (Å²) in [6.07, 6.45) is 4.75. The number of halogens is 2. The molecule has 28 heavy (non-hydrogen) atoms. The van der Waals surface area contributed by atoms with E-state index in [9.17, 15) is 8.78 Å². The van der Waals surface area contributed by atoms with Crippen LogP contribution in [0, 0.1) is 0 Å². The zero-order valence-corrected chi connectivity index (χ0v) is 16.4. The lowest BCUT2D eigenvalue weighted by Crippen LogP contribution is -2.20. The molecule has 0 radical (unpaired) electrons. The molecule has 0 bridgehead atoms. The maximum atomic E-state index is 12.0. The molecule has 156 valence electrons. The van der Waals surface area contributed by atoms with Crippen molar-refractivity contribution in [3.05, 3.63) is 66.2 Å². The van der Waals surface area contributed by atoms with Gasteiger partial charge < -0.3 is 20.5 Å². The maximum Gasteiger partial charge on any atom is 0.387 e. The lowest BCUT2D eigenvalue weighted by Gasteiger charge is -2.14. The number of rotatable bonds is 7. The van der Waals surface area contributed by atoms with Gasteiger partial charge in [0.2, 0.25) is 0 Å². The van der Waals surface area contributed by atoms with Crippen LogP contribution in [0.1, 0.15) is 24.8 Å². The molecule has 0 unspecified atom stereocenters. The minimum atomic E-state index is -2.74. The molecule has 3 N–H and O–H groups in total. The summed E-state index contributed by atoms with van der Waals surface area (Å²) in [7, 11) is 0. The van der Waals surface area contributed by atoms with Crippen molar-refractivity contribution in [2.75, 3.05) is 32.8 Å². The lowest BCUT2D eigenvalue weighted by atomic mass is 10.1. The molecule has 1 fully saturated rings. The smallest absolute Gasteiger partial charge is 0.387 e. The van der Waals surface area contributed by atoms with Crippen molar-refractivity contribution in [1.82, 2.24) is 4.90 Å². The van der Waals surface area contributed by atoms with Gasteiger partial charge >= 0.3 is 6.61 Å². The number of alkyl halides is 2. The fourth-order valence-electron chi connectivity index (χ4n) is 2.74. The molecule has 1 aliphatic heterocycles. The van der Waals surface area contributed by atoms with E-state index in [0.29, 0.717) is 6.54 Å². The van der Waals surface area contributed by atoms with Gasteiger partial charge in [0.1, 0.15) is 5.75 Å². The maximum absolute atomic E-state index is 12.0. The summed E-state index contributed by atoms with van der Waals surface area (Å²) in [6, 6.07) is 18.9. The van der Waals surface area contributed by atoms with Crippen LogP contribution >= 0.6 is 0 Å². The van der Waals surface area contributed by atoms with Crippen LogP contribution in [0.25, 0.3) is 0 Å². The number of ether oxygens (including phenoxy) is 1. The third-order valence-corrected chi connectivity index (χ3v) is 4.08. The van der Waals surface area contributed by atoms with E-state index in [1.807, 2.05) is 48.5 Å². The first-order chi connectivity index (χ1) is 13.7. The van der Waals surface area contributed by atoms with E-state index in [0.717, 1.165) is 19.4 Å². The summed E-state index contributed by atoms with van der Waals surface area (Å²) < 4.78 is 28.3. The summed E-state index contributed by atoms with van der Waals surface area (Å²) in [5.41, 5.74) is 5.95. The number of aryl methyl sites for hydroxylation is 1. The molecule has 0 aliphatic carbocycles. The van der Waals surface area contributed by atoms with Crippen molar-refractivity contribution in [3.8, 4) is 5.75 Å². The van der Waals surface area contributed by atoms with Gasteiger partial charge in [-0.05, 0) is 63.0 Å². The van der Waals surface area contributed by atoms with Gasteiger partial charge in [-0.15, -0.1) is 0 Å². The highest BCUT2D eigenvalue weighted by Gasteiger charge is 2.10. The average Bonchev–Trinajstić information content (AvgIpc) is 3.24. The van der Waals surface area contributed by atoms with Crippen LogP contribution in [0.4, 0.5) is 8.78 Å². The Kier molecular flexibility index (Phi) is 13.7. The molecular formula is C22H32F2N2O2. The Balaban J connectivity index is 0.000000322. The van der Waals surface area contributed by atoms with Crippen LogP contribution in [0.2, 0.25) is 0 Å². The van der Waals surface area contributed by atoms with Crippen LogP contribution in [0.15, 0.2) is 60.7 Å². The number of benzene rings is 2. The summed E-state index contributed by atoms with van der Waals surface area (Å²) in [5.74, 6) is 0.230. The van der Waals surface area contributed by atoms with E-state index < -0.39 is 6.61 Å². The summed E-state index contributed by atoms with van der Waals surface area (Å²) >= 11 is 0. The highest BCUT2D eigenvalue weighted by molar-refractivity contribution is 5.27. The Morgan fingerprint density at radius 2 is 1.46 bits per heavy atom. The highest BCUT2D eigenvalue weighted by Crippen LogP contribution is 2.16. The SMILES string of the molecule is FC(F)Oc1ccc(CCCN2CCCC2)cc1.NCCO.c1ccccc1. The zero-order chi connectivity index (χ0) is 20.5. The monoisotopic (exact) mass is 394 g/mol. The van der Waals surface area contributed by atoms with Crippen LogP contribution in [-0.4, -0.2) is 49.4 Å². The number of aliphatic hydroxyl groups is 1. The van der Waals surface area contributed by atoms with Crippen molar-refractivity contribution in [2.45, 2.75) is 32.3 Å². The molecule has 1 heterocycles. The first kappa shape index (κ1) is 24.0. The van der Waals surface area contributed by atoms with Crippen molar-refractivity contribution >= 4 is 0 Å². The quantitative estimate of drug-likeness (QED) is 0.747. The second-order valence-electron chi connectivity index (χ2n) is 6.34. The van der Waals surface area contributed by atoms with E-state index in [-0.39, 0.29) is 12.4 Å². The van der Waals surface area contributed by atoms with Crippen LogP contribution in [0.3, 0.4) is 0 Å². The van der Waals surface area contributed by atoms with Crippen LogP contribution in [-0.2, 0) is 6.42 Å². The minimum absolute atomic E-state index is 0.0972. The second kappa shape index (κ2) is 16.0. The Labute approximate surface area is 166 Å². The number of aliphatic hydroxyl groups excluding tert-OH is 1. The molecule has 0 saturated carbocycles. The average molecular weight is 395 g/mol. The second-order valence-corrected chi connectivity index (χ2v) is 6.34. The lowest BCUT2D eigenvalue weighted by molar-refractivity contribution is -0.0498. The van der Waals surface area contributed by atoms with Gasteiger partial charge in [0.15, 0.2) is 0 Å². The van der Waals surface area contributed by atoms with Crippen LogP contribution in [0.5, 0.6) is 5.75 Å². The molecule has 0 amide bonds. The molecule has 3 rings (SSSR count). The summed E-state index contributed by atoms with van der Waals surface area (Å²) in [5, 5.41) is 7.75. The number of nitrogens with zero attached hydrogens (tertiary/aromatic N) is 1. The predicted molar refractivity (Wildman–Crippen MR) is 110 cm³/mol. The van der Waals surface area contributed by atoms with Crippen molar-refractivity contribution in [3.63, 3.8) is 0 Å². The van der Waals surface area contributed by atoms with Crippen molar-refractivity contribution in [1.29, 1.82) is 0 Å². The van der Waals surface area contributed by atoms with Crippen molar-refractivity contribution in [2.24, 2.45) is 5.73 Å². The zero-order valence-electron chi connectivity index (χ0n) is 16.4. The Morgan fingerprint density at radius 1 is 0.964 bits per heavy atom. The minimum Gasteiger partial charge on any atom is -0.435 e. The molecule has 0 atom stereocenters. The van der Waals surface area contributed by atoms with Gasteiger partial charge in [0.05, 0.1) is 6.61 Å². The summed E-state index contributed by atoms with van der Waals surface area (Å²) in [4.78, 5) is 2.48. The van der Waals surface area contributed by atoms with Gasteiger partial charge in [-0.2, -0.15) is 8.78 Å². The predicted octanol–water partition coefficient (Wildman–Crippen LogP) is 3.94. The largest absolute Gasteiger partial charge is 0.435 e. The summed E-state index contributed by atoms with van der Waals surface area (Å²) in [6.45, 7) is 1.31. The molecule has 1 aliphatic rings. The normalized spacial score (nSPS) is 13.3. The van der Waals surface area contributed by atoms with Crippen LogP contribution < -0.4 is 10.5 Å². The third-order valence-electron chi connectivity index (χ3n) is 4.08. The Hall–Kier alpha value is -2.02. The fraction of sp³-hybridized carbons (Fsp3) is 0.455. The topological polar surface area (TPSA) is 58.7 Å². The number of hydrogen-bond donors (Lipinski definition) is 2. The standard InChI is InChI=1S/C14H19F2NO.C6H6.C2H7NO/c15-14(16)18-13-7-5-12(6-8-13)4-3-11-17-9-1-2-10-17;1-2-4-6-5-3-1;3-1-2-4/h5-8,14H,1-4,9-11H2;1-6H;4H,1-3H2. The third kappa shape index (κ3) is 12.4. The Bertz CT molecular complexity index is 548. The Morgan fingerprint density at radius 3 is 1.89 bits per heavy atom. The van der Waals surface area contributed by atoms with E-state index >= 15 is 0 Å². The van der Waals surface area contributed by atoms with Gasteiger partial charge in [-0.25, -0.2) is 0 Å². The van der Waals surface area contributed by atoms with Gasteiger partial charge in [0, 0.05) is 6.54 Å². The molecule has 4 nitrogen and oxygen atoms in total. The molecule has 0 spiro atoms. The molecule has 0 aromatic heterocycles. The fourth-order valence-corrected chi connectivity index (χ4v) is 2.74. The van der Waals surface area contributed by atoms with Gasteiger partial charge in [0.25, 0.3) is 0 Å². The molecule has 1 saturated heterocycles. The molecule has 6 heteroatoms. The highest BCUT2D eigenvalue weighted by atomic mass is 19.3. The number of likely N-dealkylation sites (tertiary alicyclic amines) is 1. The number of nitrogens with two attached hydrogens (primary N) is 1. The molecular weight excluding hydrogens is 362 g/mol. The van der Waals surface area contributed by atoms with E-state index in [2.05, 4.69) is 9.64 Å². The molecule has 2 aromatic rings. The van der Waals surface area contributed by atoms with Gasteiger partial charge in [-0.1, -0.05) is 48.5 Å². The van der Waals surface area contributed by atoms with E-state index in [1.54, 1.807) is 12.1 Å². The van der Waals surface area contributed by atoms with Gasteiger partial charge in [-0.3, -0.25) is 0 Å². The van der Waals surface area contributed by atoms with E-state index in [4.69, 9.17) is 10.8 Å². The molecule has 2 aromatic carbocycles. The number of hydrogen-bond acceptors (Lipinski definition) is 4.